The number of hydrogen-bond donors (Lipinski definition) is 2. The highest BCUT2D eigenvalue weighted by atomic mass is 32.1. The van der Waals surface area contributed by atoms with Crippen molar-refractivity contribution in [3.8, 4) is 27.6 Å². The Morgan fingerprint density at radius 3 is 2.49 bits per heavy atom. The van der Waals surface area contributed by atoms with Gasteiger partial charge in [0.25, 0.3) is 0 Å². The van der Waals surface area contributed by atoms with E-state index in [2.05, 4.69) is 24.0 Å². The van der Waals surface area contributed by atoms with Gasteiger partial charge in [0.2, 0.25) is 0 Å². The highest BCUT2D eigenvalue weighted by molar-refractivity contribution is 7.15. The third-order valence-corrected chi connectivity index (χ3v) is 7.45. The number of aromatic hydroxyl groups is 1. The van der Waals surface area contributed by atoms with Crippen molar-refractivity contribution >= 4 is 23.0 Å². The molecule has 1 aliphatic heterocycles. The zero-order chi connectivity index (χ0) is 24.9. The predicted octanol–water partition coefficient (Wildman–Crippen LogP) is 5.00. The van der Waals surface area contributed by atoms with Crippen LogP contribution in [0.5, 0.6) is 11.5 Å². The first-order chi connectivity index (χ1) is 16.8. The van der Waals surface area contributed by atoms with Crippen LogP contribution in [0.15, 0.2) is 47.5 Å². The topological polar surface area (TPSA) is 110 Å². The molecule has 3 heterocycles. The number of benzene rings is 2. The molecule has 2 aromatic carbocycles. The summed E-state index contributed by atoms with van der Waals surface area (Å²) in [5.41, 5.74) is 5.46. The minimum absolute atomic E-state index is 0.137. The smallest absolute Gasteiger partial charge is 0.306 e. The van der Waals surface area contributed by atoms with Gasteiger partial charge in [-0.05, 0) is 44.0 Å². The largest absolute Gasteiger partial charge is 0.508 e. The average molecular weight is 489 g/mol. The minimum Gasteiger partial charge on any atom is -0.508 e. The number of aromatic nitrogens is 3. The van der Waals surface area contributed by atoms with Gasteiger partial charge in [-0.1, -0.05) is 24.3 Å². The Morgan fingerprint density at radius 1 is 1.09 bits per heavy atom. The van der Waals surface area contributed by atoms with Crippen molar-refractivity contribution in [1.82, 2.24) is 14.8 Å². The molecule has 4 aromatic rings. The van der Waals surface area contributed by atoms with Crippen LogP contribution in [0.3, 0.4) is 0 Å². The van der Waals surface area contributed by atoms with E-state index in [4.69, 9.17) is 9.73 Å². The molecule has 0 saturated heterocycles. The van der Waals surface area contributed by atoms with Crippen LogP contribution in [0, 0.1) is 20.8 Å². The number of fused-ring (bicyclic) bond motifs is 3. The maximum absolute atomic E-state index is 11.7. The molecule has 0 unspecified atom stereocenters. The van der Waals surface area contributed by atoms with E-state index >= 15 is 0 Å². The van der Waals surface area contributed by atoms with Crippen molar-refractivity contribution in [3.63, 3.8) is 0 Å². The molecule has 0 aliphatic carbocycles. The molecule has 0 radical (unpaired) electrons. The number of nitrogens with zero attached hydrogens (tertiary/aromatic N) is 4. The lowest BCUT2D eigenvalue weighted by Crippen LogP contribution is -2.10. The van der Waals surface area contributed by atoms with Gasteiger partial charge in [-0.15, -0.1) is 21.5 Å². The van der Waals surface area contributed by atoms with E-state index < -0.39 is 12.0 Å². The van der Waals surface area contributed by atoms with Crippen LogP contribution in [0.1, 0.15) is 45.7 Å². The zero-order valence-corrected chi connectivity index (χ0v) is 20.6. The molecule has 35 heavy (non-hydrogen) atoms. The van der Waals surface area contributed by atoms with E-state index in [0.29, 0.717) is 17.4 Å². The van der Waals surface area contributed by atoms with E-state index in [1.807, 2.05) is 41.8 Å². The number of ether oxygens (including phenoxy) is 1. The van der Waals surface area contributed by atoms with Crippen LogP contribution in [-0.2, 0) is 4.79 Å². The number of hydrogen-bond acceptors (Lipinski definition) is 7. The Kier molecular flexibility index (Phi) is 5.64. The van der Waals surface area contributed by atoms with Crippen molar-refractivity contribution in [2.45, 2.75) is 33.2 Å². The third-order valence-electron chi connectivity index (χ3n) is 6.26. The maximum atomic E-state index is 11.7. The van der Waals surface area contributed by atoms with Gasteiger partial charge in [-0.25, -0.2) is 0 Å². The molecule has 0 spiro atoms. The van der Waals surface area contributed by atoms with E-state index in [9.17, 15) is 15.0 Å². The van der Waals surface area contributed by atoms with Gasteiger partial charge >= 0.3 is 5.97 Å². The van der Waals surface area contributed by atoms with Crippen molar-refractivity contribution in [2.75, 3.05) is 7.11 Å². The number of carboxylic acids is 1. The molecule has 0 bridgehead atoms. The summed E-state index contributed by atoms with van der Waals surface area (Å²) in [7, 11) is 1.57. The van der Waals surface area contributed by atoms with Crippen molar-refractivity contribution < 1.29 is 19.7 Å². The molecule has 0 amide bonds. The van der Waals surface area contributed by atoms with Gasteiger partial charge in [0, 0.05) is 27.6 Å². The first kappa shape index (κ1) is 22.8. The Balaban J connectivity index is 1.67. The number of aliphatic imine (C=N–C) groups is 1. The van der Waals surface area contributed by atoms with E-state index in [1.54, 1.807) is 30.6 Å². The van der Waals surface area contributed by atoms with Crippen LogP contribution in [0.25, 0.3) is 16.1 Å². The Labute approximate surface area is 206 Å². The average Bonchev–Trinajstić information content (AvgIpc) is 3.31. The summed E-state index contributed by atoms with van der Waals surface area (Å²) >= 11 is 1.63. The normalized spacial score (nSPS) is 14.6. The fourth-order valence-corrected chi connectivity index (χ4v) is 5.63. The number of aryl methyl sites for hydroxylation is 2. The second-order valence-electron chi connectivity index (χ2n) is 8.46. The number of methoxy groups -OCH3 is 1. The zero-order valence-electron chi connectivity index (χ0n) is 19.7. The highest BCUT2D eigenvalue weighted by Gasteiger charge is 2.32. The van der Waals surface area contributed by atoms with E-state index in [-0.39, 0.29) is 12.2 Å². The fourth-order valence-electron chi connectivity index (χ4n) is 4.42. The lowest BCUT2D eigenvalue weighted by atomic mass is 9.96. The summed E-state index contributed by atoms with van der Waals surface area (Å²) in [5.74, 6) is 0.999. The number of carbonyl (C=O) groups is 1. The first-order valence-corrected chi connectivity index (χ1v) is 11.9. The summed E-state index contributed by atoms with van der Waals surface area (Å²) in [6, 6.07) is 12.3. The molecule has 0 fully saturated rings. The maximum Gasteiger partial charge on any atom is 0.306 e. The predicted molar refractivity (Wildman–Crippen MR) is 134 cm³/mol. The minimum atomic E-state index is -0.946. The number of phenolic OH excluding ortho intramolecular Hbond substituents is 1. The molecule has 2 aromatic heterocycles. The number of carboxylic acid groups (broad SMARTS) is 1. The van der Waals surface area contributed by atoms with Crippen LogP contribution >= 0.6 is 11.3 Å². The van der Waals surface area contributed by atoms with Gasteiger partial charge in [-0.2, -0.15) is 0 Å². The van der Waals surface area contributed by atoms with Crippen molar-refractivity contribution in [1.29, 1.82) is 0 Å². The van der Waals surface area contributed by atoms with Gasteiger partial charge in [0.1, 0.15) is 28.4 Å². The molecular formula is C26H24N4O4S. The molecule has 8 nitrogen and oxygen atoms in total. The molecule has 178 valence electrons. The van der Waals surface area contributed by atoms with Gasteiger partial charge in [0.05, 0.1) is 19.2 Å². The lowest BCUT2D eigenvalue weighted by molar-refractivity contribution is -0.137. The molecule has 5 rings (SSSR count). The van der Waals surface area contributed by atoms with Crippen LogP contribution in [0.4, 0.5) is 0 Å². The summed E-state index contributed by atoms with van der Waals surface area (Å²) in [6.07, 6.45) is -0.183. The SMILES string of the molecule is COc1cc(O)ccc1-c1ccc(C2=N[C@@H](CC(=O)O)c3nnc(C)n3-c3sc(C)c(C)c32)cc1. The van der Waals surface area contributed by atoms with Gasteiger partial charge in [0.15, 0.2) is 5.82 Å². The summed E-state index contributed by atoms with van der Waals surface area (Å²) in [4.78, 5) is 17.8. The molecule has 1 aliphatic rings. The molecule has 0 saturated carbocycles. The lowest BCUT2D eigenvalue weighted by Gasteiger charge is -2.13. The fraction of sp³-hybridized carbons (Fsp3) is 0.231. The van der Waals surface area contributed by atoms with E-state index in [0.717, 1.165) is 43.4 Å². The van der Waals surface area contributed by atoms with Gasteiger partial charge in [-0.3, -0.25) is 14.4 Å². The number of aliphatic carboxylic acids is 1. The van der Waals surface area contributed by atoms with Crippen LogP contribution < -0.4 is 4.74 Å². The first-order valence-electron chi connectivity index (χ1n) is 11.1. The number of thiophene rings is 1. The summed E-state index contributed by atoms with van der Waals surface area (Å²) in [5, 5.41) is 28.9. The Bertz CT molecular complexity index is 1480. The second-order valence-corrected chi connectivity index (χ2v) is 9.66. The number of rotatable bonds is 5. The molecule has 9 heteroatoms. The third kappa shape index (κ3) is 3.87. The molecule has 2 N–H and O–H groups in total. The number of phenols is 1. The van der Waals surface area contributed by atoms with Crippen LogP contribution in [-0.4, -0.2) is 43.8 Å². The standard InChI is InChI=1S/C26H24N4O4S/c1-13-14(2)35-26-23(13)24(27-20(12-22(32)33)25-29-28-15(3)30(25)26)17-7-5-16(6-8-17)19-10-9-18(31)11-21(19)34-4/h5-11,20,31H,12H2,1-4H3,(H,32,33)/t20-/m0/s1. The molecule has 1 atom stereocenters. The van der Waals surface area contributed by atoms with E-state index in [1.165, 1.54) is 0 Å². The summed E-state index contributed by atoms with van der Waals surface area (Å²) < 4.78 is 7.39. The van der Waals surface area contributed by atoms with Crippen molar-refractivity contribution in [2.24, 2.45) is 4.99 Å². The van der Waals surface area contributed by atoms with Gasteiger partial charge < -0.3 is 14.9 Å². The monoisotopic (exact) mass is 488 g/mol. The second kappa shape index (κ2) is 8.66. The van der Waals surface area contributed by atoms with Crippen LogP contribution in [0.2, 0.25) is 0 Å². The Morgan fingerprint density at radius 2 is 1.80 bits per heavy atom. The quantitative estimate of drug-likeness (QED) is 0.409. The Hall–Kier alpha value is -3.98. The highest BCUT2D eigenvalue weighted by Crippen LogP contribution is 2.40. The summed E-state index contributed by atoms with van der Waals surface area (Å²) in [6.45, 7) is 6.00. The van der Waals surface area contributed by atoms with Crippen molar-refractivity contribution in [3.05, 3.63) is 75.7 Å². The molecular weight excluding hydrogens is 464 g/mol.